The van der Waals surface area contributed by atoms with E-state index < -0.39 is 0 Å². The van der Waals surface area contributed by atoms with E-state index in [0.29, 0.717) is 6.10 Å². The van der Waals surface area contributed by atoms with E-state index in [9.17, 15) is 0 Å². The summed E-state index contributed by atoms with van der Waals surface area (Å²) in [5.74, 6) is 1.09. The van der Waals surface area contributed by atoms with Gasteiger partial charge in [0.1, 0.15) is 11.9 Å². The summed E-state index contributed by atoms with van der Waals surface area (Å²) in [5.41, 5.74) is 2.49. The number of aryl methyl sites for hydroxylation is 2. The predicted octanol–water partition coefficient (Wildman–Crippen LogP) is 2.78. The molecule has 1 fully saturated rings. The molecule has 0 amide bonds. The number of rotatable bonds is 2. The molecule has 1 unspecified atom stereocenters. The van der Waals surface area contributed by atoms with Crippen LogP contribution in [0.25, 0.3) is 0 Å². The number of para-hydroxylation sites is 1. The molecular formula is C14H21NO. The Labute approximate surface area is 98.2 Å². The number of likely N-dealkylation sites (N-methyl/N-ethyl adjacent to an activating group) is 1. The van der Waals surface area contributed by atoms with Crippen LogP contribution in [0, 0.1) is 13.8 Å². The van der Waals surface area contributed by atoms with Gasteiger partial charge in [-0.2, -0.15) is 0 Å². The molecule has 1 heterocycles. The molecule has 1 saturated heterocycles. The molecular weight excluding hydrogens is 198 g/mol. The molecule has 0 aliphatic carbocycles. The Balaban J connectivity index is 2.08. The van der Waals surface area contributed by atoms with Crippen molar-refractivity contribution in [2.24, 2.45) is 0 Å². The van der Waals surface area contributed by atoms with Gasteiger partial charge in [0.2, 0.25) is 0 Å². The lowest BCUT2D eigenvalue weighted by Crippen LogP contribution is -2.38. The second kappa shape index (κ2) is 4.88. The van der Waals surface area contributed by atoms with Crippen LogP contribution < -0.4 is 4.74 Å². The van der Waals surface area contributed by atoms with Crippen LogP contribution in [0.4, 0.5) is 0 Å². The van der Waals surface area contributed by atoms with E-state index in [1.165, 1.54) is 30.5 Å². The second-order valence-electron chi connectivity index (χ2n) is 4.87. The highest BCUT2D eigenvalue weighted by Gasteiger charge is 2.19. The van der Waals surface area contributed by atoms with Gasteiger partial charge in [-0.3, -0.25) is 0 Å². The molecule has 0 saturated carbocycles. The normalized spacial score (nSPS) is 22.1. The second-order valence-corrected chi connectivity index (χ2v) is 4.87. The van der Waals surface area contributed by atoms with E-state index in [0.717, 1.165) is 12.3 Å². The average molecular weight is 219 g/mol. The van der Waals surface area contributed by atoms with Crippen LogP contribution in [0.15, 0.2) is 18.2 Å². The molecule has 16 heavy (non-hydrogen) atoms. The number of nitrogens with zero attached hydrogens (tertiary/aromatic N) is 1. The Morgan fingerprint density at radius 2 is 1.94 bits per heavy atom. The summed E-state index contributed by atoms with van der Waals surface area (Å²) in [6.45, 7) is 6.49. The molecule has 2 heteroatoms. The van der Waals surface area contributed by atoms with E-state index in [-0.39, 0.29) is 0 Å². The summed E-state index contributed by atoms with van der Waals surface area (Å²) >= 11 is 0. The van der Waals surface area contributed by atoms with Crippen LogP contribution >= 0.6 is 0 Å². The highest BCUT2D eigenvalue weighted by molar-refractivity contribution is 5.39. The zero-order valence-electron chi connectivity index (χ0n) is 10.5. The first kappa shape index (κ1) is 11.5. The van der Waals surface area contributed by atoms with Gasteiger partial charge in [0.25, 0.3) is 0 Å². The Hall–Kier alpha value is -1.02. The fraction of sp³-hybridized carbons (Fsp3) is 0.571. The summed E-state index contributed by atoms with van der Waals surface area (Å²) in [6.07, 6.45) is 2.78. The third-order valence-electron chi connectivity index (χ3n) is 3.27. The fourth-order valence-electron chi connectivity index (χ4n) is 2.37. The van der Waals surface area contributed by atoms with Gasteiger partial charge in [-0.15, -0.1) is 0 Å². The van der Waals surface area contributed by atoms with E-state index in [4.69, 9.17) is 4.74 Å². The maximum absolute atomic E-state index is 6.15. The van der Waals surface area contributed by atoms with Crippen molar-refractivity contribution >= 4 is 0 Å². The van der Waals surface area contributed by atoms with Gasteiger partial charge < -0.3 is 9.64 Å². The Morgan fingerprint density at radius 1 is 1.25 bits per heavy atom. The number of hydrogen-bond donors (Lipinski definition) is 0. The van der Waals surface area contributed by atoms with E-state index in [2.05, 4.69) is 44.0 Å². The van der Waals surface area contributed by atoms with Crippen molar-refractivity contribution in [3.8, 4) is 5.75 Å². The van der Waals surface area contributed by atoms with Crippen molar-refractivity contribution in [1.82, 2.24) is 4.90 Å². The predicted molar refractivity (Wildman–Crippen MR) is 67.1 cm³/mol. The summed E-state index contributed by atoms with van der Waals surface area (Å²) in [5, 5.41) is 0. The van der Waals surface area contributed by atoms with Crippen molar-refractivity contribution < 1.29 is 4.74 Å². The molecule has 0 radical (unpaired) electrons. The molecule has 0 aromatic heterocycles. The Bertz CT molecular complexity index is 342. The van der Waals surface area contributed by atoms with Crippen LogP contribution in [-0.2, 0) is 0 Å². The quantitative estimate of drug-likeness (QED) is 0.758. The van der Waals surface area contributed by atoms with Gasteiger partial charge in [-0.25, -0.2) is 0 Å². The SMILES string of the molecule is Cc1cccc(C)c1OC1CCCN(C)C1. The smallest absolute Gasteiger partial charge is 0.125 e. The molecule has 88 valence electrons. The Morgan fingerprint density at radius 3 is 2.56 bits per heavy atom. The standard InChI is InChI=1S/C14H21NO/c1-11-6-4-7-12(2)14(11)16-13-8-5-9-15(3)10-13/h4,6-7,13H,5,8-10H2,1-3H3. The highest BCUT2D eigenvalue weighted by Crippen LogP contribution is 2.25. The number of hydrogen-bond acceptors (Lipinski definition) is 2. The minimum Gasteiger partial charge on any atom is -0.489 e. The van der Waals surface area contributed by atoms with E-state index in [1.807, 2.05) is 0 Å². The molecule has 0 spiro atoms. The summed E-state index contributed by atoms with van der Waals surface area (Å²) < 4.78 is 6.15. The van der Waals surface area contributed by atoms with E-state index >= 15 is 0 Å². The number of likely N-dealkylation sites (tertiary alicyclic amines) is 1. The molecule has 0 bridgehead atoms. The number of ether oxygens (including phenoxy) is 1. The molecule has 1 aromatic rings. The minimum absolute atomic E-state index is 0.360. The van der Waals surface area contributed by atoms with Crippen LogP contribution in [0.1, 0.15) is 24.0 Å². The lowest BCUT2D eigenvalue weighted by molar-refractivity contribution is 0.103. The van der Waals surface area contributed by atoms with Crippen LogP contribution in [0.5, 0.6) is 5.75 Å². The zero-order valence-corrected chi connectivity index (χ0v) is 10.5. The molecule has 0 N–H and O–H groups in total. The number of piperidine rings is 1. The summed E-state index contributed by atoms with van der Waals surface area (Å²) in [6, 6.07) is 6.33. The first-order valence-corrected chi connectivity index (χ1v) is 6.08. The third-order valence-corrected chi connectivity index (χ3v) is 3.27. The highest BCUT2D eigenvalue weighted by atomic mass is 16.5. The monoisotopic (exact) mass is 219 g/mol. The first-order chi connectivity index (χ1) is 7.66. The first-order valence-electron chi connectivity index (χ1n) is 6.08. The molecule has 2 nitrogen and oxygen atoms in total. The maximum Gasteiger partial charge on any atom is 0.125 e. The molecule has 2 rings (SSSR count). The van der Waals surface area contributed by atoms with Gasteiger partial charge in [0, 0.05) is 6.54 Å². The fourth-order valence-corrected chi connectivity index (χ4v) is 2.37. The lowest BCUT2D eigenvalue weighted by atomic mass is 10.1. The zero-order chi connectivity index (χ0) is 11.5. The molecule has 1 aliphatic heterocycles. The minimum atomic E-state index is 0.360. The van der Waals surface area contributed by atoms with Crippen molar-refractivity contribution in [3.05, 3.63) is 29.3 Å². The van der Waals surface area contributed by atoms with Crippen molar-refractivity contribution in [1.29, 1.82) is 0 Å². The van der Waals surface area contributed by atoms with Crippen molar-refractivity contribution in [3.63, 3.8) is 0 Å². The average Bonchev–Trinajstić information content (AvgIpc) is 2.24. The Kier molecular flexibility index (Phi) is 3.49. The summed E-state index contributed by atoms with van der Waals surface area (Å²) in [7, 11) is 2.17. The van der Waals surface area contributed by atoms with Gasteiger partial charge >= 0.3 is 0 Å². The van der Waals surface area contributed by atoms with Crippen molar-refractivity contribution in [2.75, 3.05) is 20.1 Å². The van der Waals surface area contributed by atoms with Gasteiger partial charge in [0.05, 0.1) is 0 Å². The third kappa shape index (κ3) is 2.56. The van der Waals surface area contributed by atoms with Crippen molar-refractivity contribution in [2.45, 2.75) is 32.8 Å². The van der Waals surface area contributed by atoms with Crippen LogP contribution in [0.3, 0.4) is 0 Å². The largest absolute Gasteiger partial charge is 0.489 e. The number of benzene rings is 1. The van der Waals surface area contributed by atoms with Gasteiger partial charge in [-0.1, -0.05) is 18.2 Å². The van der Waals surface area contributed by atoms with Crippen LogP contribution in [-0.4, -0.2) is 31.1 Å². The molecule has 1 aliphatic rings. The molecule has 1 aromatic carbocycles. The summed E-state index contributed by atoms with van der Waals surface area (Å²) in [4.78, 5) is 2.35. The van der Waals surface area contributed by atoms with E-state index in [1.54, 1.807) is 0 Å². The maximum atomic E-state index is 6.15. The topological polar surface area (TPSA) is 12.5 Å². The van der Waals surface area contributed by atoms with Gasteiger partial charge in [-0.05, 0) is 51.4 Å². The lowest BCUT2D eigenvalue weighted by Gasteiger charge is -2.30. The van der Waals surface area contributed by atoms with Gasteiger partial charge in [0.15, 0.2) is 0 Å². The van der Waals surface area contributed by atoms with Crippen LogP contribution in [0.2, 0.25) is 0 Å². The molecule has 1 atom stereocenters.